The molecule has 6 heteroatoms. The van der Waals surface area contributed by atoms with Crippen molar-refractivity contribution in [3.63, 3.8) is 0 Å². The van der Waals surface area contributed by atoms with Crippen LogP contribution in [0.1, 0.15) is 43.8 Å². The fourth-order valence-corrected chi connectivity index (χ4v) is 2.64. The summed E-state index contributed by atoms with van der Waals surface area (Å²) in [5, 5.41) is 10.7. The van der Waals surface area contributed by atoms with E-state index in [1.807, 2.05) is 0 Å². The third-order valence-corrected chi connectivity index (χ3v) is 3.88. The van der Waals surface area contributed by atoms with Crippen LogP contribution in [0, 0.1) is 5.92 Å². The summed E-state index contributed by atoms with van der Waals surface area (Å²) in [6.07, 6.45) is 1.67. The van der Waals surface area contributed by atoms with Gasteiger partial charge in [0, 0.05) is 0 Å². The van der Waals surface area contributed by atoms with Gasteiger partial charge in [0.1, 0.15) is 5.97 Å². The van der Waals surface area contributed by atoms with Gasteiger partial charge in [0.2, 0.25) is 0 Å². The van der Waals surface area contributed by atoms with Gasteiger partial charge >= 0.3 is 11.9 Å². The molecule has 0 amide bonds. The number of hydrogen-bond acceptors (Lipinski definition) is 4. The maximum absolute atomic E-state index is 13.9. The highest BCUT2D eigenvalue weighted by atomic mass is 19.3. The van der Waals surface area contributed by atoms with Gasteiger partial charge in [-0.1, -0.05) is 49.6 Å². The third-order valence-electron chi connectivity index (χ3n) is 3.88. The molecule has 1 aromatic rings. The van der Waals surface area contributed by atoms with Crippen molar-refractivity contribution < 1.29 is 28.2 Å². The molecule has 1 aliphatic rings. The minimum absolute atomic E-state index is 0.0686. The Hall–Kier alpha value is -1.98. The zero-order chi connectivity index (χ0) is 16.2. The normalized spacial score (nSPS) is 17.7. The SMILES string of the molecule is O=C(OC(c1ccccc1)C(F)(F)C(=O)[O-])C1CCCCC1. The standard InChI is InChI=1S/C16H18F2O4/c17-16(18,15(20)21)13(11-7-3-1-4-8-11)22-14(19)12-9-5-2-6-10-12/h1,3-4,7-8,12-13H,2,5-6,9-10H2,(H,20,21)/p-1. The molecule has 0 saturated heterocycles. The fourth-order valence-electron chi connectivity index (χ4n) is 2.64. The maximum Gasteiger partial charge on any atom is 0.327 e. The molecule has 1 unspecified atom stereocenters. The first-order chi connectivity index (χ1) is 10.4. The van der Waals surface area contributed by atoms with E-state index in [9.17, 15) is 23.5 Å². The van der Waals surface area contributed by atoms with Gasteiger partial charge in [-0.05, 0) is 18.4 Å². The monoisotopic (exact) mass is 311 g/mol. The van der Waals surface area contributed by atoms with Gasteiger partial charge in [-0.2, -0.15) is 8.78 Å². The molecule has 0 radical (unpaired) electrons. The lowest BCUT2D eigenvalue weighted by atomic mass is 9.89. The molecule has 0 aliphatic heterocycles. The maximum atomic E-state index is 13.9. The highest BCUT2D eigenvalue weighted by Crippen LogP contribution is 2.36. The number of carbonyl (C=O) groups excluding carboxylic acids is 2. The van der Waals surface area contributed by atoms with E-state index in [-0.39, 0.29) is 5.56 Å². The Labute approximate surface area is 127 Å². The number of ether oxygens (including phenoxy) is 1. The molecular formula is C16H17F2O4-. The molecule has 0 spiro atoms. The van der Waals surface area contributed by atoms with Gasteiger partial charge < -0.3 is 14.6 Å². The smallest absolute Gasteiger partial charge is 0.327 e. The lowest BCUT2D eigenvalue weighted by molar-refractivity contribution is -0.337. The van der Waals surface area contributed by atoms with E-state index in [2.05, 4.69) is 0 Å². The van der Waals surface area contributed by atoms with Gasteiger partial charge in [0.25, 0.3) is 0 Å². The number of hydrogen-bond donors (Lipinski definition) is 0. The summed E-state index contributed by atoms with van der Waals surface area (Å²) in [5.41, 5.74) is -0.0686. The van der Waals surface area contributed by atoms with Crippen LogP contribution >= 0.6 is 0 Å². The summed E-state index contributed by atoms with van der Waals surface area (Å²) >= 11 is 0. The molecule has 4 nitrogen and oxygen atoms in total. The number of carbonyl (C=O) groups is 2. The number of halogens is 2. The lowest BCUT2D eigenvalue weighted by Gasteiger charge is -2.30. The number of esters is 1. The third kappa shape index (κ3) is 3.61. The number of benzene rings is 1. The van der Waals surface area contributed by atoms with Crippen LogP contribution < -0.4 is 5.11 Å². The summed E-state index contributed by atoms with van der Waals surface area (Å²) in [6.45, 7) is 0. The number of carboxylic acid groups (broad SMARTS) is 1. The Morgan fingerprint density at radius 1 is 1.14 bits per heavy atom. The van der Waals surface area contributed by atoms with Crippen LogP contribution in [0.5, 0.6) is 0 Å². The van der Waals surface area contributed by atoms with Crippen LogP contribution in [-0.4, -0.2) is 17.9 Å². The Bertz CT molecular complexity index is 524. The summed E-state index contributed by atoms with van der Waals surface area (Å²) in [5.74, 6) is -8.06. The topological polar surface area (TPSA) is 66.4 Å². The van der Waals surface area contributed by atoms with Crippen molar-refractivity contribution in [3.05, 3.63) is 35.9 Å². The van der Waals surface area contributed by atoms with E-state index in [4.69, 9.17) is 4.74 Å². The summed E-state index contributed by atoms with van der Waals surface area (Å²) in [7, 11) is 0. The van der Waals surface area contributed by atoms with Crippen LogP contribution in [0.2, 0.25) is 0 Å². The number of rotatable bonds is 5. The molecule has 2 rings (SSSR count). The fraction of sp³-hybridized carbons (Fsp3) is 0.500. The van der Waals surface area contributed by atoms with E-state index in [0.717, 1.165) is 19.3 Å². The Balaban J connectivity index is 2.21. The lowest BCUT2D eigenvalue weighted by Crippen LogP contribution is -2.47. The number of carboxylic acids is 1. The van der Waals surface area contributed by atoms with Gasteiger partial charge in [-0.3, -0.25) is 4.79 Å². The minimum atomic E-state index is -4.29. The van der Waals surface area contributed by atoms with Crippen molar-refractivity contribution in [3.8, 4) is 0 Å². The number of alkyl halides is 2. The Morgan fingerprint density at radius 3 is 2.27 bits per heavy atom. The van der Waals surface area contributed by atoms with E-state index in [1.54, 1.807) is 6.07 Å². The molecule has 120 valence electrons. The van der Waals surface area contributed by atoms with Gasteiger partial charge in [0.15, 0.2) is 6.10 Å². The molecule has 0 heterocycles. The van der Waals surface area contributed by atoms with E-state index in [1.165, 1.54) is 24.3 Å². The first kappa shape index (κ1) is 16.4. The molecule has 22 heavy (non-hydrogen) atoms. The average molecular weight is 311 g/mol. The minimum Gasteiger partial charge on any atom is -0.544 e. The van der Waals surface area contributed by atoms with Crippen molar-refractivity contribution in [2.45, 2.75) is 44.1 Å². The molecule has 1 saturated carbocycles. The summed E-state index contributed by atoms with van der Waals surface area (Å²) in [6, 6.07) is 7.15. The van der Waals surface area contributed by atoms with Gasteiger partial charge in [-0.15, -0.1) is 0 Å². The van der Waals surface area contributed by atoms with Crippen LogP contribution in [0.15, 0.2) is 30.3 Å². The molecule has 0 aromatic heterocycles. The van der Waals surface area contributed by atoms with Crippen LogP contribution in [0.3, 0.4) is 0 Å². The van der Waals surface area contributed by atoms with Crippen LogP contribution in [-0.2, 0) is 14.3 Å². The molecule has 0 bridgehead atoms. The van der Waals surface area contributed by atoms with Crippen molar-refractivity contribution >= 4 is 11.9 Å². The summed E-state index contributed by atoms with van der Waals surface area (Å²) < 4.78 is 32.7. The second kappa shape index (κ2) is 6.85. The van der Waals surface area contributed by atoms with Gasteiger partial charge in [-0.25, -0.2) is 0 Å². The van der Waals surface area contributed by atoms with Crippen molar-refractivity contribution in [2.24, 2.45) is 5.92 Å². The van der Waals surface area contributed by atoms with Crippen LogP contribution in [0.25, 0.3) is 0 Å². The molecule has 1 aliphatic carbocycles. The van der Waals surface area contributed by atoms with Crippen molar-refractivity contribution in [2.75, 3.05) is 0 Å². The van der Waals surface area contributed by atoms with Gasteiger partial charge in [0.05, 0.1) is 5.92 Å². The highest BCUT2D eigenvalue weighted by molar-refractivity contribution is 5.77. The molecular weight excluding hydrogens is 294 g/mol. The molecule has 1 aromatic carbocycles. The predicted octanol–water partition coefficient (Wildman–Crippen LogP) is 2.24. The largest absolute Gasteiger partial charge is 0.544 e. The molecule has 0 N–H and O–H groups in total. The second-order valence-electron chi connectivity index (χ2n) is 5.47. The second-order valence-corrected chi connectivity index (χ2v) is 5.47. The Kier molecular flexibility index (Phi) is 5.11. The van der Waals surface area contributed by atoms with E-state index < -0.39 is 29.9 Å². The first-order valence-electron chi connectivity index (χ1n) is 7.27. The predicted molar refractivity (Wildman–Crippen MR) is 71.8 cm³/mol. The van der Waals surface area contributed by atoms with E-state index >= 15 is 0 Å². The quantitative estimate of drug-likeness (QED) is 0.782. The molecule has 1 fully saturated rings. The zero-order valence-electron chi connectivity index (χ0n) is 12.0. The average Bonchev–Trinajstić information content (AvgIpc) is 2.53. The van der Waals surface area contributed by atoms with Crippen molar-refractivity contribution in [1.82, 2.24) is 0 Å². The van der Waals surface area contributed by atoms with Crippen LogP contribution in [0.4, 0.5) is 8.78 Å². The Morgan fingerprint density at radius 2 is 1.73 bits per heavy atom. The highest BCUT2D eigenvalue weighted by Gasteiger charge is 2.46. The van der Waals surface area contributed by atoms with Crippen molar-refractivity contribution in [1.29, 1.82) is 0 Å². The summed E-state index contributed by atoms with van der Waals surface area (Å²) in [4.78, 5) is 22.8. The van der Waals surface area contributed by atoms with E-state index in [0.29, 0.717) is 12.8 Å². The zero-order valence-corrected chi connectivity index (χ0v) is 12.0. The number of aliphatic carboxylic acids is 1. The molecule has 1 atom stereocenters. The first-order valence-corrected chi connectivity index (χ1v) is 7.27.